The second kappa shape index (κ2) is 6.61. The van der Waals surface area contributed by atoms with Crippen LogP contribution in [0.25, 0.3) is 0 Å². The standard InChI is InChI=1S/C17H24N2O3S/c1-11(2)19-14(15(22-3)17(19)21)12-4-7-18(8-5-12)16(20)13-6-9-23-10-13/h6,9-12,14-15H,4-5,7-8H2,1-3H3/t14-,15+/m0/s1. The predicted octanol–water partition coefficient (Wildman–Crippen LogP) is 2.23. The summed E-state index contributed by atoms with van der Waals surface area (Å²) in [6, 6.07) is 2.24. The number of methoxy groups -OCH3 is 1. The van der Waals surface area contributed by atoms with Gasteiger partial charge in [-0.3, -0.25) is 9.59 Å². The van der Waals surface area contributed by atoms with E-state index in [0.717, 1.165) is 31.5 Å². The van der Waals surface area contributed by atoms with Gasteiger partial charge in [0.25, 0.3) is 11.8 Å². The van der Waals surface area contributed by atoms with E-state index in [2.05, 4.69) is 0 Å². The van der Waals surface area contributed by atoms with Gasteiger partial charge in [-0.15, -0.1) is 0 Å². The maximum Gasteiger partial charge on any atom is 0.254 e. The molecule has 2 amide bonds. The molecule has 0 N–H and O–H groups in total. The van der Waals surface area contributed by atoms with Gasteiger partial charge in [-0.25, -0.2) is 0 Å². The highest BCUT2D eigenvalue weighted by Gasteiger charge is 2.52. The Morgan fingerprint density at radius 2 is 2.04 bits per heavy atom. The summed E-state index contributed by atoms with van der Waals surface area (Å²) in [7, 11) is 1.61. The van der Waals surface area contributed by atoms with Gasteiger partial charge in [0.15, 0.2) is 6.10 Å². The Labute approximate surface area is 141 Å². The smallest absolute Gasteiger partial charge is 0.254 e. The summed E-state index contributed by atoms with van der Waals surface area (Å²) in [6.07, 6.45) is 1.55. The number of rotatable bonds is 4. The average molecular weight is 336 g/mol. The second-order valence-electron chi connectivity index (χ2n) is 6.63. The number of hydrogen-bond acceptors (Lipinski definition) is 4. The molecule has 2 aliphatic heterocycles. The van der Waals surface area contributed by atoms with Crippen molar-refractivity contribution in [3.05, 3.63) is 22.4 Å². The number of piperidine rings is 1. The van der Waals surface area contributed by atoms with Gasteiger partial charge < -0.3 is 14.5 Å². The molecule has 2 aliphatic rings. The average Bonchev–Trinajstić information content (AvgIpc) is 3.06. The summed E-state index contributed by atoms with van der Waals surface area (Å²) in [5, 5.41) is 3.84. The van der Waals surface area contributed by atoms with Crippen LogP contribution >= 0.6 is 11.3 Å². The fraction of sp³-hybridized carbons (Fsp3) is 0.647. The fourth-order valence-corrected chi connectivity index (χ4v) is 4.46. The van der Waals surface area contributed by atoms with Crippen molar-refractivity contribution in [2.45, 2.75) is 44.9 Å². The molecule has 1 aromatic rings. The zero-order valence-corrected chi connectivity index (χ0v) is 14.7. The number of hydrogen-bond donors (Lipinski definition) is 0. The van der Waals surface area contributed by atoms with Crippen LogP contribution in [0, 0.1) is 5.92 Å². The first-order valence-electron chi connectivity index (χ1n) is 8.21. The number of carbonyl (C=O) groups excluding carboxylic acids is 2. The molecule has 23 heavy (non-hydrogen) atoms. The Morgan fingerprint density at radius 1 is 1.35 bits per heavy atom. The third-order valence-electron chi connectivity index (χ3n) is 5.02. The van der Waals surface area contributed by atoms with E-state index in [0.29, 0.717) is 5.92 Å². The second-order valence-corrected chi connectivity index (χ2v) is 7.41. The molecule has 1 aromatic heterocycles. The third-order valence-corrected chi connectivity index (χ3v) is 5.70. The molecule has 0 aliphatic carbocycles. The predicted molar refractivity (Wildman–Crippen MR) is 89.5 cm³/mol. The van der Waals surface area contributed by atoms with Crippen LogP contribution in [0.4, 0.5) is 0 Å². The largest absolute Gasteiger partial charge is 0.369 e. The lowest BCUT2D eigenvalue weighted by Crippen LogP contribution is -2.70. The number of ether oxygens (including phenoxy) is 1. The van der Waals surface area contributed by atoms with Crippen LogP contribution in [-0.2, 0) is 9.53 Å². The van der Waals surface area contributed by atoms with Gasteiger partial charge in [-0.2, -0.15) is 11.3 Å². The molecule has 0 spiro atoms. The van der Waals surface area contributed by atoms with Crippen molar-refractivity contribution in [3.63, 3.8) is 0 Å². The topological polar surface area (TPSA) is 49.9 Å². The molecule has 126 valence electrons. The Kier molecular flexibility index (Phi) is 4.73. The first-order chi connectivity index (χ1) is 11.0. The molecular weight excluding hydrogens is 312 g/mol. The maximum absolute atomic E-state index is 12.4. The summed E-state index contributed by atoms with van der Waals surface area (Å²) in [4.78, 5) is 28.4. The molecule has 0 bridgehead atoms. The minimum absolute atomic E-state index is 0.101. The zero-order valence-electron chi connectivity index (χ0n) is 13.9. The van der Waals surface area contributed by atoms with Crippen LogP contribution in [0.3, 0.4) is 0 Å². The monoisotopic (exact) mass is 336 g/mol. The van der Waals surface area contributed by atoms with Gasteiger partial charge in [0.05, 0.1) is 11.6 Å². The Balaban J connectivity index is 1.62. The van der Waals surface area contributed by atoms with E-state index >= 15 is 0 Å². The van der Waals surface area contributed by atoms with Crippen LogP contribution in [0.2, 0.25) is 0 Å². The molecule has 2 fully saturated rings. The maximum atomic E-state index is 12.4. The summed E-state index contributed by atoms with van der Waals surface area (Å²) in [6.45, 7) is 5.61. The quantitative estimate of drug-likeness (QED) is 0.792. The highest BCUT2D eigenvalue weighted by Crippen LogP contribution is 2.36. The lowest BCUT2D eigenvalue weighted by molar-refractivity contribution is -0.181. The van der Waals surface area contributed by atoms with Crippen LogP contribution in [0.1, 0.15) is 37.0 Å². The number of likely N-dealkylation sites (tertiary alicyclic amines) is 2. The highest BCUT2D eigenvalue weighted by atomic mass is 32.1. The number of amides is 2. The van der Waals surface area contributed by atoms with E-state index < -0.39 is 0 Å². The van der Waals surface area contributed by atoms with Crippen molar-refractivity contribution < 1.29 is 14.3 Å². The first-order valence-corrected chi connectivity index (χ1v) is 9.15. The van der Waals surface area contributed by atoms with E-state index in [1.165, 1.54) is 0 Å². The van der Waals surface area contributed by atoms with Gasteiger partial charge in [-0.05, 0) is 44.1 Å². The van der Waals surface area contributed by atoms with Gasteiger partial charge in [0.1, 0.15) is 0 Å². The molecule has 2 atom stereocenters. The van der Waals surface area contributed by atoms with Crippen molar-refractivity contribution in [1.29, 1.82) is 0 Å². The van der Waals surface area contributed by atoms with Crippen molar-refractivity contribution in [1.82, 2.24) is 9.80 Å². The third kappa shape index (κ3) is 2.90. The van der Waals surface area contributed by atoms with Crippen molar-refractivity contribution in [2.24, 2.45) is 5.92 Å². The van der Waals surface area contributed by atoms with Gasteiger partial charge >= 0.3 is 0 Å². The normalized spacial score (nSPS) is 25.8. The molecule has 0 saturated carbocycles. The van der Waals surface area contributed by atoms with Crippen LogP contribution in [-0.4, -0.2) is 60.0 Å². The molecule has 3 rings (SSSR count). The summed E-state index contributed by atoms with van der Waals surface area (Å²) in [5.74, 6) is 0.634. The molecule has 6 heteroatoms. The van der Waals surface area contributed by atoms with Crippen LogP contribution in [0.15, 0.2) is 16.8 Å². The molecule has 0 aromatic carbocycles. The molecule has 5 nitrogen and oxygen atoms in total. The molecular formula is C17H24N2O3S. The van der Waals surface area contributed by atoms with Crippen LogP contribution in [0.5, 0.6) is 0 Å². The molecule has 3 heterocycles. The van der Waals surface area contributed by atoms with Gasteiger partial charge in [-0.1, -0.05) is 0 Å². The highest BCUT2D eigenvalue weighted by molar-refractivity contribution is 7.08. The number of nitrogens with zero attached hydrogens (tertiary/aromatic N) is 2. The van der Waals surface area contributed by atoms with E-state index in [-0.39, 0.29) is 30.0 Å². The number of β-lactam (4-membered cyclic amide) rings is 1. The van der Waals surface area contributed by atoms with E-state index in [4.69, 9.17) is 4.74 Å². The first kappa shape index (κ1) is 16.5. The number of thiophene rings is 1. The molecule has 2 saturated heterocycles. The Bertz CT molecular complexity index is 564. The summed E-state index contributed by atoms with van der Waals surface area (Å²) >= 11 is 1.55. The zero-order chi connectivity index (χ0) is 16.6. The van der Waals surface area contributed by atoms with Crippen molar-refractivity contribution >= 4 is 23.2 Å². The van der Waals surface area contributed by atoms with E-state index in [1.54, 1.807) is 18.4 Å². The Morgan fingerprint density at radius 3 is 2.57 bits per heavy atom. The van der Waals surface area contributed by atoms with Gasteiger partial charge in [0.2, 0.25) is 0 Å². The lowest BCUT2D eigenvalue weighted by Gasteiger charge is -2.53. The van der Waals surface area contributed by atoms with Crippen LogP contribution < -0.4 is 0 Å². The molecule has 0 unspecified atom stereocenters. The lowest BCUT2D eigenvalue weighted by atomic mass is 9.79. The summed E-state index contributed by atoms with van der Waals surface area (Å²) < 4.78 is 5.41. The van der Waals surface area contributed by atoms with Crippen molar-refractivity contribution in [2.75, 3.05) is 20.2 Å². The van der Waals surface area contributed by atoms with E-state index in [9.17, 15) is 9.59 Å². The SMILES string of the molecule is CO[C@H]1C(=O)N(C(C)C)[C@H]1C1CCN(C(=O)c2ccsc2)CC1. The van der Waals surface area contributed by atoms with Gasteiger partial charge in [0, 0.05) is 31.6 Å². The van der Waals surface area contributed by atoms with E-state index in [1.807, 2.05) is 40.5 Å². The summed E-state index contributed by atoms with van der Waals surface area (Å²) in [5.41, 5.74) is 0.783. The fourth-order valence-electron chi connectivity index (χ4n) is 3.83. The Hall–Kier alpha value is -1.40. The molecule has 0 radical (unpaired) electrons. The number of carbonyl (C=O) groups is 2. The van der Waals surface area contributed by atoms with Crippen molar-refractivity contribution in [3.8, 4) is 0 Å². The minimum Gasteiger partial charge on any atom is -0.369 e. The minimum atomic E-state index is -0.304.